The number of ether oxygens (including phenoxy) is 1. The lowest BCUT2D eigenvalue weighted by atomic mass is 9.97. The zero-order valence-corrected chi connectivity index (χ0v) is 17.8. The zero-order valence-electron chi connectivity index (χ0n) is 17.8. The van der Waals surface area contributed by atoms with Crippen LogP contribution < -0.4 is 10.3 Å². The fourth-order valence-electron chi connectivity index (χ4n) is 3.10. The van der Waals surface area contributed by atoms with Gasteiger partial charge in [-0.25, -0.2) is 0 Å². The lowest BCUT2D eigenvalue weighted by Gasteiger charge is -2.13. The average molecular weight is 394 g/mol. The Morgan fingerprint density at radius 1 is 1.03 bits per heavy atom. The maximum Gasteiger partial charge on any atom is 0.193 e. The second-order valence-corrected chi connectivity index (χ2v) is 6.68. The molecule has 154 valence electrons. The molecule has 1 aromatic carbocycles. The highest BCUT2D eigenvalue weighted by Gasteiger charge is 2.12. The van der Waals surface area contributed by atoms with E-state index in [1.54, 1.807) is 24.2 Å². The molecule has 0 aliphatic heterocycles. The van der Waals surface area contributed by atoms with E-state index in [1.165, 1.54) is 0 Å². The van der Waals surface area contributed by atoms with Gasteiger partial charge in [0.2, 0.25) is 0 Å². The van der Waals surface area contributed by atoms with E-state index >= 15 is 0 Å². The predicted octanol–water partition coefficient (Wildman–Crippen LogP) is 4.77. The largest absolute Gasteiger partial charge is 0.418 e. The molecule has 0 spiro atoms. The summed E-state index contributed by atoms with van der Waals surface area (Å²) in [4.78, 5) is 18.6. The van der Waals surface area contributed by atoms with E-state index in [9.17, 15) is 4.79 Å². The maximum atomic E-state index is 13.2. The van der Waals surface area contributed by atoms with Crippen LogP contribution in [0.2, 0.25) is 0 Å². The van der Waals surface area contributed by atoms with Crippen molar-refractivity contribution in [1.82, 2.24) is 4.73 Å². The number of rotatable bonds is 10. The summed E-state index contributed by atoms with van der Waals surface area (Å²) < 4.78 is 7.11. The van der Waals surface area contributed by atoms with E-state index in [0.29, 0.717) is 24.2 Å². The minimum Gasteiger partial charge on any atom is -0.418 e. The van der Waals surface area contributed by atoms with Crippen molar-refractivity contribution in [3.8, 4) is 11.1 Å². The van der Waals surface area contributed by atoms with E-state index in [4.69, 9.17) is 9.57 Å². The molecule has 0 aliphatic carbocycles. The number of pyridine rings is 1. The molecule has 0 saturated carbocycles. The summed E-state index contributed by atoms with van der Waals surface area (Å²) in [5.74, 6) is 0. The molecule has 0 N–H and O–H groups in total. The lowest BCUT2D eigenvalue weighted by molar-refractivity contribution is 0.109. The van der Waals surface area contributed by atoms with E-state index in [0.717, 1.165) is 17.5 Å². The standard InChI is InChI=1S/C25H31NO3/c1-5-7-8-9-14-21-15-10-11-17-23(21)24-19-26(28-4)18-22(25(24)27)16-12-13-20(3)29-6-2/h5,7-13,15,17-20H,6,14,16H2,1-4H3/b7-5+,9-8+,13-12+. The third-order valence-electron chi connectivity index (χ3n) is 4.55. The number of benzene rings is 1. The highest BCUT2D eigenvalue weighted by Crippen LogP contribution is 2.22. The molecule has 0 radical (unpaired) electrons. The molecule has 0 aliphatic rings. The molecular weight excluding hydrogens is 362 g/mol. The number of hydrogen-bond acceptors (Lipinski definition) is 3. The van der Waals surface area contributed by atoms with Crippen LogP contribution in [0.15, 0.2) is 77.9 Å². The van der Waals surface area contributed by atoms with Gasteiger partial charge >= 0.3 is 0 Å². The maximum absolute atomic E-state index is 13.2. The van der Waals surface area contributed by atoms with Crippen molar-refractivity contribution in [2.75, 3.05) is 13.7 Å². The van der Waals surface area contributed by atoms with Crippen molar-refractivity contribution in [2.24, 2.45) is 0 Å². The predicted molar refractivity (Wildman–Crippen MR) is 120 cm³/mol. The number of nitrogens with zero attached hydrogens (tertiary/aromatic N) is 1. The Kier molecular flexibility index (Phi) is 9.19. The summed E-state index contributed by atoms with van der Waals surface area (Å²) in [6.45, 7) is 6.61. The van der Waals surface area contributed by atoms with Crippen LogP contribution in [-0.2, 0) is 17.6 Å². The number of aromatic nitrogens is 1. The minimum absolute atomic E-state index is 0.0249. The highest BCUT2D eigenvalue weighted by atomic mass is 16.6. The molecule has 1 aromatic heterocycles. The normalized spacial score (nSPS) is 13.0. The van der Waals surface area contributed by atoms with Crippen molar-refractivity contribution in [3.05, 3.63) is 94.5 Å². The molecule has 1 unspecified atom stereocenters. The van der Waals surface area contributed by atoms with Crippen LogP contribution in [0.4, 0.5) is 0 Å². The van der Waals surface area contributed by atoms with Gasteiger partial charge in [-0.15, -0.1) is 0 Å². The van der Waals surface area contributed by atoms with Crippen molar-refractivity contribution >= 4 is 0 Å². The summed E-state index contributed by atoms with van der Waals surface area (Å²) >= 11 is 0. The first-order chi connectivity index (χ1) is 14.1. The SMILES string of the molecule is C/C=C/C=C/Cc1ccccc1-c1cn(OC)cc(C/C=C/C(C)OCC)c1=O. The van der Waals surface area contributed by atoms with Gasteiger partial charge < -0.3 is 9.57 Å². The fraction of sp³-hybridized carbons (Fsp3) is 0.320. The van der Waals surface area contributed by atoms with Crippen LogP contribution in [0.3, 0.4) is 0 Å². The molecule has 2 aromatic rings. The van der Waals surface area contributed by atoms with Crippen LogP contribution in [-0.4, -0.2) is 24.6 Å². The molecule has 2 rings (SSSR count). The summed E-state index contributed by atoms with van der Waals surface area (Å²) in [5.41, 5.74) is 3.39. The Balaban J connectivity index is 2.40. The molecule has 0 saturated heterocycles. The van der Waals surface area contributed by atoms with Gasteiger partial charge in [0.25, 0.3) is 0 Å². The van der Waals surface area contributed by atoms with Crippen molar-refractivity contribution < 1.29 is 9.57 Å². The van der Waals surface area contributed by atoms with Crippen LogP contribution in [0.25, 0.3) is 11.1 Å². The van der Waals surface area contributed by atoms with Gasteiger partial charge in [0.15, 0.2) is 5.43 Å². The smallest absolute Gasteiger partial charge is 0.193 e. The molecule has 0 bridgehead atoms. The van der Waals surface area contributed by atoms with Gasteiger partial charge in [-0.2, -0.15) is 4.73 Å². The van der Waals surface area contributed by atoms with Crippen molar-refractivity contribution in [1.29, 1.82) is 0 Å². The Bertz CT molecular complexity index is 922. The quantitative estimate of drug-likeness (QED) is 0.431. The van der Waals surface area contributed by atoms with Crippen LogP contribution in [0, 0.1) is 0 Å². The molecule has 4 heteroatoms. The zero-order chi connectivity index (χ0) is 21.1. The first-order valence-electron chi connectivity index (χ1n) is 10.0. The van der Waals surface area contributed by atoms with Gasteiger partial charge in [0.05, 0.1) is 18.5 Å². The number of hydrogen-bond donors (Lipinski definition) is 0. The van der Waals surface area contributed by atoms with Gasteiger partial charge in [-0.05, 0) is 44.7 Å². The van der Waals surface area contributed by atoms with E-state index < -0.39 is 0 Å². The average Bonchev–Trinajstić information content (AvgIpc) is 2.73. The third-order valence-corrected chi connectivity index (χ3v) is 4.55. The third kappa shape index (κ3) is 6.61. The molecule has 29 heavy (non-hydrogen) atoms. The van der Waals surface area contributed by atoms with E-state index in [1.807, 2.05) is 69.4 Å². The number of allylic oxidation sites excluding steroid dienone is 5. The summed E-state index contributed by atoms with van der Waals surface area (Å²) in [7, 11) is 1.59. The molecule has 1 atom stereocenters. The first kappa shape index (κ1) is 22.4. The fourth-order valence-corrected chi connectivity index (χ4v) is 3.10. The van der Waals surface area contributed by atoms with Gasteiger partial charge in [-0.3, -0.25) is 4.79 Å². The minimum atomic E-state index is 0.0249. The second-order valence-electron chi connectivity index (χ2n) is 6.68. The summed E-state index contributed by atoms with van der Waals surface area (Å²) in [6.07, 6.45) is 16.9. The van der Waals surface area contributed by atoms with Crippen molar-refractivity contribution in [3.63, 3.8) is 0 Å². The van der Waals surface area contributed by atoms with Gasteiger partial charge in [-0.1, -0.05) is 60.7 Å². The van der Waals surface area contributed by atoms with Crippen LogP contribution >= 0.6 is 0 Å². The van der Waals surface area contributed by atoms with Crippen LogP contribution in [0.5, 0.6) is 0 Å². The molecule has 0 amide bonds. The Morgan fingerprint density at radius 2 is 1.79 bits per heavy atom. The molecule has 4 nitrogen and oxygen atoms in total. The lowest BCUT2D eigenvalue weighted by Crippen LogP contribution is -2.18. The summed E-state index contributed by atoms with van der Waals surface area (Å²) in [5, 5.41) is 0. The summed E-state index contributed by atoms with van der Waals surface area (Å²) in [6, 6.07) is 8.01. The highest BCUT2D eigenvalue weighted by molar-refractivity contribution is 5.67. The van der Waals surface area contributed by atoms with Gasteiger partial charge in [0, 0.05) is 17.7 Å². The Morgan fingerprint density at radius 3 is 2.52 bits per heavy atom. The second kappa shape index (κ2) is 11.9. The molecule has 0 fully saturated rings. The monoisotopic (exact) mass is 393 g/mol. The molecule has 1 heterocycles. The van der Waals surface area contributed by atoms with Crippen molar-refractivity contribution in [2.45, 2.75) is 39.7 Å². The Hall–Kier alpha value is -2.85. The topological polar surface area (TPSA) is 40.5 Å². The van der Waals surface area contributed by atoms with E-state index in [-0.39, 0.29) is 11.5 Å². The Labute approximate surface area is 173 Å². The molecular formula is C25H31NO3. The van der Waals surface area contributed by atoms with Gasteiger partial charge in [0.1, 0.15) is 7.11 Å². The first-order valence-corrected chi connectivity index (χ1v) is 10.0. The van der Waals surface area contributed by atoms with Crippen LogP contribution in [0.1, 0.15) is 31.9 Å². The van der Waals surface area contributed by atoms with E-state index in [2.05, 4.69) is 12.1 Å².